The van der Waals surface area contributed by atoms with Gasteiger partial charge in [-0.3, -0.25) is 19.4 Å². The number of H-pyrrole nitrogens is 1. The standard InChI is InChI=1S/C12H12BrN5O4S/c1-15-7(19)4-23-12-17-9(14)8(11(21)18-12)16-10(20)5-2-3-6(13)22-5/h2-3H,4H2,1H3,(H,15,19)(H,16,20)(H3,14,17,18,21). The fourth-order valence-electron chi connectivity index (χ4n) is 1.48. The summed E-state index contributed by atoms with van der Waals surface area (Å²) in [7, 11) is 1.50. The highest BCUT2D eigenvalue weighted by Gasteiger charge is 2.16. The largest absolute Gasteiger partial charge is 0.444 e. The number of nitrogens with one attached hydrogen (secondary N) is 3. The van der Waals surface area contributed by atoms with E-state index in [2.05, 4.69) is 36.5 Å². The lowest BCUT2D eigenvalue weighted by molar-refractivity contribution is -0.118. The smallest absolute Gasteiger partial charge is 0.291 e. The molecule has 122 valence electrons. The van der Waals surface area contributed by atoms with Crippen molar-refractivity contribution in [1.29, 1.82) is 0 Å². The lowest BCUT2D eigenvalue weighted by atomic mass is 10.4. The van der Waals surface area contributed by atoms with E-state index in [-0.39, 0.29) is 34.1 Å². The van der Waals surface area contributed by atoms with Crippen LogP contribution in [0.15, 0.2) is 31.2 Å². The Bertz CT molecular complexity index is 803. The molecule has 0 aliphatic heterocycles. The van der Waals surface area contributed by atoms with Gasteiger partial charge in [0.05, 0.1) is 5.75 Å². The highest BCUT2D eigenvalue weighted by Crippen LogP contribution is 2.18. The number of thioether (sulfide) groups is 1. The molecule has 0 spiro atoms. The maximum Gasteiger partial charge on any atom is 0.291 e. The number of halogens is 1. The van der Waals surface area contributed by atoms with Gasteiger partial charge in [0.25, 0.3) is 11.5 Å². The number of nitrogens with two attached hydrogens (primary N) is 1. The van der Waals surface area contributed by atoms with E-state index in [0.717, 1.165) is 11.8 Å². The van der Waals surface area contributed by atoms with Crippen molar-refractivity contribution < 1.29 is 14.0 Å². The quantitative estimate of drug-likeness (QED) is 0.428. The van der Waals surface area contributed by atoms with Crippen LogP contribution in [-0.2, 0) is 4.79 Å². The Morgan fingerprint density at radius 2 is 2.22 bits per heavy atom. The normalized spacial score (nSPS) is 10.3. The van der Waals surface area contributed by atoms with E-state index in [1.165, 1.54) is 13.1 Å². The Labute approximate surface area is 142 Å². The lowest BCUT2D eigenvalue weighted by Crippen LogP contribution is -2.23. The predicted molar refractivity (Wildman–Crippen MR) is 88.4 cm³/mol. The maximum atomic E-state index is 12.0. The molecule has 0 aliphatic carbocycles. The van der Waals surface area contributed by atoms with Crippen LogP contribution in [0.4, 0.5) is 11.5 Å². The zero-order valence-electron chi connectivity index (χ0n) is 11.8. The average Bonchev–Trinajstić information content (AvgIpc) is 2.95. The number of aromatic amines is 1. The van der Waals surface area contributed by atoms with Gasteiger partial charge in [0.2, 0.25) is 5.91 Å². The van der Waals surface area contributed by atoms with Gasteiger partial charge in [-0.2, -0.15) is 0 Å². The van der Waals surface area contributed by atoms with Crippen LogP contribution in [0, 0.1) is 0 Å². The van der Waals surface area contributed by atoms with E-state index in [1.807, 2.05) is 0 Å². The number of hydrogen-bond acceptors (Lipinski definition) is 7. The zero-order valence-corrected chi connectivity index (χ0v) is 14.2. The van der Waals surface area contributed by atoms with E-state index < -0.39 is 11.5 Å². The minimum Gasteiger partial charge on any atom is -0.444 e. The maximum absolute atomic E-state index is 12.0. The number of furan rings is 1. The molecule has 0 fully saturated rings. The Balaban J connectivity index is 2.15. The van der Waals surface area contributed by atoms with Crippen molar-refractivity contribution in [2.24, 2.45) is 0 Å². The summed E-state index contributed by atoms with van der Waals surface area (Å²) in [6.45, 7) is 0. The van der Waals surface area contributed by atoms with Crippen LogP contribution in [0.2, 0.25) is 0 Å². The number of hydrogen-bond donors (Lipinski definition) is 4. The Morgan fingerprint density at radius 1 is 1.48 bits per heavy atom. The molecule has 0 aromatic carbocycles. The Morgan fingerprint density at radius 3 is 2.78 bits per heavy atom. The SMILES string of the molecule is CNC(=O)CSc1nc(N)c(NC(=O)c2ccc(Br)o2)c(=O)[nH]1. The van der Waals surface area contributed by atoms with Gasteiger partial charge in [0.15, 0.2) is 27.1 Å². The zero-order chi connectivity index (χ0) is 17.0. The molecule has 0 radical (unpaired) electrons. The molecule has 0 atom stereocenters. The minimum atomic E-state index is -0.638. The van der Waals surface area contributed by atoms with E-state index >= 15 is 0 Å². The first kappa shape index (κ1) is 17.1. The van der Waals surface area contributed by atoms with Crippen molar-refractivity contribution in [2.75, 3.05) is 23.9 Å². The lowest BCUT2D eigenvalue weighted by Gasteiger charge is -2.07. The highest BCUT2D eigenvalue weighted by atomic mass is 79.9. The third-order valence-electron chi connectivity index (χ3n) is 2.58. The second-order valence-corrected chi connectivity index (χ2v) is 5.90. The van der Waals surface area contributed by atoms with E-state index in [1.54, 1.807) is 6.07 Å². The van der Waals surface area contributed by atoms with Crippen molar-refractivity contribution in [1.82, 2.24) is 15.3 Å². The van der Waals surface area contributed by atoms with Crippen LogP contribution < -0.4 is 21.9 Å². The fourth-order valence-corrected chi connectivity index (χ4v) is 2.52. The third-order valence-corrected chi connectivity index (χ3v) is 3.88. The molecule has 2 heterocycles. The second kappa shape index (κ2) is 7.33. The summed E-state index contributed by atoms with van der Waals surface area (Å²) < 4.78 is 5.46. The molecule has 23 heavy (non-hydrogen) atoms. The summed E-state index contributed by atoms with van der Waals surface area (Å²) in [4.78, 5) is 41.5. The molecule has 0 unspecified atom stereocenters. The summed E-state index contributed by atoms with van der Waals surface area (Å²) in [5.74, 6) is -0.941. The second-order valence-electron chi connectivity index (χ2n) is 4.15. The van der Waals surface area contributed by atoms with Crippen LogP contribution in [0.25, 0.3) is 0 Å². The number of nitrogen functional groups attached to an aromatic ring is 1. The summed E-state index contributed by atoms with van der Waals surface area (Å²) >= 11 is 4.08. The van der Waals surface area contributed by atoms with Crippen molar-refractivity contribution in [3.63, 3.8) is 0 Å². The topological polar surface area (TPSA) is 143 Å². The van der Waals surface area contributed by atoms with E-state index in [9.17, 15) is 14.4 Å². The van der Waals surface area contributed by atoms with Gasteiger partial charge in [-0.15, -0.1) is 0 Å². The molecule has 5 N–H and O–H groups in total. The summed E-state index contributed by atoms with van der Waals surface area (Å²) in [5.41, 5.74) is 4.88. The van der Waals surface area contributed by atoms with Crippen LogP contribution in [-0.4, -0.2) is 34.6 Å². The first-order valence-electron chi connectivity index (χ1n) is 6.20. The number of amides is 2. The average molecular weight is 402 g/mol. The Kier molecular flexibility index (Phi) is 5.45. The molecular weight excluding hydrogens is 390 g/mol. The van der Waals surface area contributed by atoms with Crippen LogP contribution in [0.1, 0.15) is 10.6 Å². The molecule has 0 saturated heterocycles. The first-order valence-corrected chi connectivity index (χ1v) is 7.98. The van der Waals surface area contributed by atoms with Gasteiger partial charge >= 0.3 is 0 Å². The predicted octanol–water partition coefficient (Wildman–Crippen LogP) is 0.798. The van der Waals surface area contributed by atoms with Gasteiger partial charge in [-0.25, -0.2) is 4.98 Å². The van der Waals surface area contributed by atoms with Gasteiger partial charge < -0.3 is 20.8 Å². The van der Waals surface area contributed by atoms with Crippen LogP contribution >= 0.6 is 27.7 Å². The molecule has 0 aliphatic rings. The molecule has 0 bridgehead atoms. The summed E-state index contributed by atoms with van der Waals surface area (Å²) in [6, 6.07) is 2.98. The minimum absolute atomic E-state index is 0.00810. The molecule has 11 heteroatoms. The molecule has 2 aromatic heterocycles. The first-order chi connectivity index (χ1) is 10.9. The number of aromatic nitrogens is 2. The van der Waals surface area contributed by atoms with Crippen molar-refractivity contribution in [2.45, 2.75) is 5.16 Å². The van der Waals surface area contributed by atoms with E-state index in [0.29, 0.717) is 4.67 Å². The number of anilines is 2. The van der Waals surface area contributed by atoms with Gasteiger partial charge in [-0.1, -0.05) is 11.8 Å². The molecule has 0 saturated carbocycles. The number of carbonyl (C=O) groups excluding carboxylic acids is 2. The molecule has 2 amide bonds. The van der Waals surface area contributed by atoms with Gasteiger partial charge in [0, 0.05) is 7.05 Å². The van der Waals surface area contributed by atoms with Gasteiger partial charge in [0.1, 0.15) is 0 Å². The summed E-state index contributed by atoms with van der Waals surface area (Å²) in [6.07, 6.45) is 0. The number of carbonyl (C=O) groups is 2. The van der Waals surface area contributed by atoms with Gasteiger partial charge in [-0.05, 0) is 28.1 Å². The molecule has 9 nitrogen and oxygen atoms in total. The summed E-state index contributed by atoms with van der Waals surface area (Å²) in [5, 5.41) is 4.95. The van der Waals surface area contributed by atoms with Crippen LogP contribution in [0.3, 0.4) is 0 Å². The third kappa shape index (κ3) is 4.36. The number of nitrogens with zero attached hydrogens (tertiary/aromatic N) is 1. The van der Waals surface area contributed by atoms with Crippen LogP contribution in [0.5, 0.6) is 0 Å². The molecule has 2 rings (SSSR count). The molecular formula is C12H12BrN5O4S. The van der Waals surface area contributed by atoms with E-state index in [4.69, 9.17) is 10.2 Å². The van der Waals surface area contributed by atoms with Crippen molar-refractivity contribution in [3.8, 4) is 0 Å². The fraction of sp³-hybridized carbons (Fsp3) is 0.167. The number of rotatable bonds is 5. The highest BCUT2D eigenvalue weighted by molar-refractivity contribution is 9.10. The molecule has 2 aromatic rings. The monoisotopic (exact) mass is 401 g/mol. The Hall–Kier alpha value is -2.27. The van der Waals surface area contributed by atoms with Crippen molar-refractivity contribution >= 4 is 51.0 Å². The van der Waals surface area contributed by atoms with Crippen molar-refractivity contribution in [3.05, 3.63) is 32.9 Å².